The Bertz CT molecular complexity index is 821. The van der Waals surface area contributed by atoms with Crippen LogP contribution in [0, 0.1) is 5.95 Å². The lowest BCUT2D eigenvalue weighted by Crippen LogP contribution is -2.31. The van der Waals surface area contributed by atoms with E-state index < -0.39 is 41.9 Å². The number of hydrogen-bond acceptors (Lipinski definition) is 6. The highest BCUT2D eigenvalue weighted by Gasteiger charge is 2.18. The van der Waals surface area contributed by atoms with Crippen LogP contribution < -0.4 is 15.4 Å². The molecule has 0 spiro atoms. The Morgan fingerprint density at radius 2 is 1.85 bits per heavy atom. The molecular weight excluding hydrogens is 388 g/mol. The first-order valence-electron chi connectivity index (χ1n) is 7.21. The molecule has 2 N–H and O–H groups in total. The van der Waals surface area contributed by atoms with Crippen LogP contribution in [-0.2, 0) is 14.3 Å². The van der Waals surface area contributed by atoms with E-state index in [2.05, 4.69) is 4.98 Å². The van der Waals surface area contributed by atoms with Gasteiger partial charge >= 0.3 is 5.97 Å². The summed E-state index contributed by atoms with van der Waals surface area (Å²) in [6.45, 7) is -1.14. The lowest BCUT2D eigenvalue weighted by atomic mass is 10.3. The van der Waals surface area contributed by atoms with Gasteiger partial charge in [0.15, 0.2) is 13.2 Å². The van der Waals surface area contributed by atoms with Crippen LogP contribution in [0.15, 0.2) is 30.3 Å². The first-order valence-corrected chi connectivity index (χ1v) is 7.96. The second-order valence-electron chi connectivity index (χ2n) is 4.99. The Labute approximate surface area is 158 Å². The normalized spacial score (nSPS) is 10.3. The number of ether oxygens (including phenoxy) is 2. The number of hydrogen-bond donors (Lipinski definition) is 1. The average Bonchev–Trinajstić information content (AvgIpc) is 2.66. The molecular formula is C16H14Cl2FN3O4. The summed E-state index contributed by atoms with van der Waals surface area (Å²) in [6.07, 6.45) is 0. The Hall–Kier alpha value is -2.58. The Morgan fingerprint density at radius 3 is 2.50 bits per heavy atom. The van der Waals surface area contributed by atoms with Crippen molar-refractivity contribution in [2.75, 3.05) is 30.9 Å². The van der Waals surface area contributed by atoms with Crippen molar-refractivity contribution in [3.8, 4) is 5.88 Å². The van der Waals surface area contributed by atoms with Gasteiger partial charge in [-0.2, -0.15) is 9.37 Å². The van der Waals surface area contributed by atoms with Gasteiger partial charge in [0.05, 0.1) is 5.69 Å². The number of nitrogens with zero attached hydrogens (tertiary/aromatic N) is 2. The molecule has 0 saturated heterocycles. The number of likely N-dealkylation sites (N-methyl/N-ethyl adjacent to an activating group) is 1. The number of anilines is 2. The largest absolute Gasteiger partial charge is 0.464 e. The number of amides is 1. The number of pyridine rings is 1. The van der Waals surface area contributed by atoms with E-state index in [9.17, 15) is 14.0 Å². The minimum atomic E-state index is -1.09. The smallest absolute Gasteiger partial charge is 0.344 e. The molecule has 0 radical (unpaired) electrons. The zero-order chi connectivity index (χ0) is 19.3. The van der Waals surface area contributed by atoms with Crippen molar-refractivity contribution in [1.29, 1.82) is 0 Å². The summed E-state index contributed by atoms with van der Waals surface area (Å²) in [7, 11) is 1.55. The fourth-order valence-corrected chi connectivity index (χ4v) is 2.19. The Balaban J connectivity index is 1.87. The van der Waals surface area contributed by atoms with Gasteiger partial charge in [-0.15, -0.1) is 0 Å². The summed E-state index contributed by atoms with van der Waals surface area (Å²) in [5.74, 6) is -2.80. The molecule has 1 amide bonds. The van der Waals surface area contributed by atoms with Crippen LogP contribution in [0.4, 0.5) is 15.8 Å². The second-order valence-corrected chi connectivity index (χ2v) is 5.74. The minimum absolute atomic E-state index is 0.232. The van der Waals surface area contributed by atoms with Gasteiger partial charge in [-0.3, -0.25) is 4.79 Å². The lowest BCUT2D eigenvalue weighted by molar-refractivity contribution is -0.149. The highest BCUT2D eigenvalue weighted by atomic mass is 35.5. The molecule has 0 bridgehead atoms. The Kier molecular flexibility index (Phi) is 6.59. The third kappa shape index (κ3) is 4.74. The van der Waals surface area contributed by atoms with Gasteiger partial charge in [0, 0.05) is 12.7 Å². The molecule has 0 aliphatic rings. The van der Waals surface area contributed by atoms with Gasteiger partial charge in [0.1, 0.15) is 10.0 Å². The second kappa shape index (κ2) is 8.68. The van der Waals surface area contributed by atoms with Gasteiger partial charge < -0.3 is 20.1 Å². The number of esters is 1. The van der Waals surface area contributed by atoms with Crippen LogP contribution in [0.1, 0.15) is 0 Å². The monoisotopic (exact) mass is 401 g/mol. The molecule has 0 aliphatic carbocycles. The van der Waals surface area contributed by atoms with Crippen molar-refractivity contribution in [2.24, 2.45) is 0 Å². The molecule has 1 aromatic carbocycles. The number of aromatic nitrogens is 1. The van der Waals surface area contributed by atoms with Crippen LogP contribution in [0.2, 0.25) is 10.0 Å². The maximum absolute atomic E-state index is 13.4. The van der Waals surface area contributed by atoms with Crippen molar-refractivity contribution in [1.82, 2.24) is 4.98 Å². The Morgan fingerprint density at radius 1 is 1.19 bits per heavy atom. The molecule has 0 fully saturated rings. The molecule has 1 aromatic heterocycles. The number of carbonyl (C=O) groups is 2. The number of rotatable bonds is 6. The summed E-state index contributed by atoms with van der Waals surface area (Å²) < 4.78 is 23.2. The van der Waals surface area contributed by atoms with E-state index in [0.717, 1.165) is 0 Å². The molecule has 0 saturated carbocycles. The van der Waals surface area contributed by atoms with E-state index in [1.807, 2.05) is 6.07 Å². The summed E-state index contributed by atoms with van der Waals surface area (Å²) in [5.41, 5.74) is 5.87. The fraction of sp³-hybridized carbons (Fsp3) is 0.188. The van der Waals surface area contributed by atoms with E-state index in [4.69, 9.17) is 38.4 Å². The number of nitrogens with two attached hydrogens (primary N) is 1. The highest BCUT2D eigenvalue weighted by Crippen LogP contribution is 2.35. The summed E-state index contributed by atoms with van der Waals surface area (Å²) >= 11 is 11.4. The van der Waals surface area contributed by atoms with Crippen molar-refractivity contribution < 1.29 is 23.5 Å². The highest BCUT2D eigenvalue weighted by molar-refractivity contribution is 6.39. The van der Waals surface area contributed by atoms with E-state index in [0.29, 0.717) is 5.69 Å². The van der Waals surface area contributed by atoms with Crippen LogP contribution in [0.5, 0.6) is 5.88 Å². The van der Waals surface area contributed by atoms with E-state index in [1.54, 1.807) is 31.3 Å². The predicted molar refractivity (Wildman–Crippen MR) is 94.9 cm³/mol. The van der Waals surface area contributed by atoms with Crippen molar-refractivity contribution in [3.63, 3.8) is 0 Å². The third-order valence-electron chi connectivity index (χ3n) is 3.24. The number of benzene rings is 1. The number of para-hydroxylation sites is 1. The molecule has 2 aromatic rings. The topological polar surface area (TPSA) is 94.8 Å². The number of nitrogen functional groups attached to an aromatic ring is 1. The van der Waals surface area contributed by atoms with Crippen molar-refractivity contribution >= 4 is 46.5 Å². The summed E-state index contributed by atoms with van der Waals surface area (Å²) in [5, 5.41) is -0.677. The van der Waals surface area contributed by atoms with Gasteiger partial charge in [0.2, 0.25) is 11.8 Å². The maximum atomic E-state index is 13.4. The van der Waals surface area contributed by atoms with Gasteiger partial charge in [-0.1, -0.05) is 41.4 Å². The zero-order valence-electron chi connectivity index (χ0n) is 13.5. The first kappa shape index (κ1) is 19.7. The zero-order valence-corrected chi connectivity index (χ0v) is 15.1. The molecule has 138 valence electrons. The lowest BCUT2D eigenvalue weighted by Gasteiger charge is -2.17. The molecule has 10 heteroatoms. The van der Waals surface area contributed by atoms with E-state index in [1.165, 1.54) is 4.90 Å². The maximum Gasteiger partial charge on any atom is 0.344 e. The van der Waals surface area contributed by atoms with Gasteiger partial charge in [-0.05, 0) is 12.1 Å². The van der Waals surface area contributed by atoms with Crippen LogP contribution >= 0.6 is 23.2 Å². The molecule has 1 heterocycles. The average molecular weight is 402 g/mol. The number of halogens is 3. The molecule has 0 unspecified atom stereocenters. The standard InChI is InChI=1S/C16H14Cl2FN3O4/c1-22(9-5-3-2-4-6-9)10(23)7-25-11(24)8-26-16-13(18)14(20)12(17)15(19)21-16/h2-6H,7-8H2,1H3,(H2,20,21). The fourth-order valence-electron chi connectivity index (χ4n) is 1.81. The van der Waals surface area contributed by atoms with Gasteiger partial charge in [0.25, 0.3) is 5.91 Å². The summed E-state index contributed by atoms with van der Waals surface area (Å²) in [4.78, 5) is 28.4. The van der Waals surface area contributed by atoms with Crippen molar-refractivity contribution in [3.05, 3.63) is 46.3 Å². The molecule has 26 heavy (non-hydrogen) atoms. The van der Waals surface area contributed by atoms with Gasteiger partial charge in [-0.25, -0.2) is 4.79 Å². The molecule has 2 rings (SSSR count). The SMILES string of the molecule is CN(C(=O)COC(=O)COc1nc(F)c(Cl)c(N)c1Cl)c1ccccc1. The van der Waals surface area contributed by atoms with Crippen LogP contribution in [0.3, 0.4) is 0 Å². The van der Waals surface area contributed by atoms with Crippen LogP contribution in [0.25, 0.3) is 0 Å². The quantitative estimate of drug-likeness (QED) is 0.590. The van der Waals surface area contributed by atoms with Crippen molar-refractivity contribution in [2.45, 2.75) is 0 Å². The number of carbonyl (C=O) groups excluding carboxylic acids is 2. The van der Waals surface area contributed by atoms with E-state index in [-0.39, 0.29) is 10.7 Å². The minimum Gasteiger partial charge on any atom is -0.464 e. The van der Waals surface area contributed by atoms with E-state index >= 15 is 0 Å². The molecule has 7 nitrogen and oxygen atoms in total. The predicted octanol–water partition coefficient (Wildman–Crippen LogP) is 2.69. The molecule has 0 aliphatic heterocycles. The van der Waals surface area contributed by atoms with Crippen LogP contribution in [-0.4, -0.2) is 37.1 Å². The molecule has 0 atom stereocenters. The third-order valence-corrected chi connectivity index (χ3v) is 3.97. The summed E-state index contributed by atoms with van der Waals surface area (Å²) in [6, 6.07) is 8.82. The first-order chi connectivity index (χ1) is 12.3.